The SMILES string of the molecule is Cc1ccc(-c2cc(Cl)nc(Cl)c2CCC(=O)O)c(F)c1. The van der Waals surface area contributed by atoms with Gasteiger partial charge in [0.25, 0.3) is 0 Å². The number of hydrogen-bond acceptors (Lipinski definition) is 2. The highest BCUT2D eigenvalue weighted by atomic mass is 35.5. The van der Waals surface area contributed by atoms with Crippen molar-refractivity contribution < 1.29 is 14.3 Å². The predicted octanol–water partition coefficient (Wildman–Crippen LogP) is 4.52. The Hall–Kier alpha value is -1.65. The molecule has 0 amide bonds. The Balaban J connectivity index is 2.57. The molecular weight excluding hydrogens is 316 g/mol. The first-order chi connectivity index (χ1) is 9.88. The fourth-order valence-corrected chi connectivity index (χ4v) is 2.58. The Morgan fingerprint density at radius 2 is 2.00 bits per heavy atom. The average Bonchev–Trinajstić information content (AvgIpc) is 2.36. The lowest BCUT2D eigenvalue weighted by Gasteiger charge is -2.12. The predicted molar refractivity (Wildman–Crippen MR) is 80.3 cm³/mol. The fourth-order valence-electron chi connectivity index (χ4n) is 2.06. The van der Waals surface area contributed by atoms with Crippen LogP contribution in [0.3, 0.4) is 0 Å². The van der Waals surface area contributed by atoms with Crippen LogP contribution in [0.25, 0.3) is 11.1 Å². The summed E-state index contributed by atoms with van der Waals surface area (Å²) >= 11 is 11.9. The Kier molecular flexibility index (Phi) is 4.80. The maximum atomic E-state index is 14.2. The first-order valence-electron chi connectivity index (χ1n) is 6.21. The van der Waals surface area contributed by atoms with Crippen molar-refractivity contribution in [2.45, 2.75) is 19.8 Å². The highest BCUT2D eigenvalue weighted by Gasteiger charge is 2.16. The summed E-state index contributed by atoms with van der Waals surface area (Å²) in [7, 11) is 0. The van der Waals surface area contributed by atoms with Gasteiger partial charge in [-0.25, -0.2) is 9.37 Å². The number of aliphatic carboxylic acids is 1. The van der Waals surface area contributed by atoms with E-state index in [1.807, 2.05) is 0 Å². The van der Waals surface area contributed by atoms with Crippen molar-refractivity contribution in [3.8, 4) is 11.1 Å². The molecule has 0 saturated carbocycles. The summed E-state index contributed by atoms with van der Waals surface area (Å²) in [4.78, 5) is 14.6. The zero-order valence-corrected chi connectivity index (χ0v) is 12.7. The number of carboxylic acid groups (broad SMARTS) is 1. The molecule has 1 aromatic carbocycles. The summed E-state index contributed by atoms with van der Waals surface area (Å²) in [5, 5.41) is 9.04. The summed E-state index contributed by atoms with van der Waals surface area (Å²) in [6.07, 6.45) is 0.0322. The van der Waals surface area contributed by atoms with Gasteiger partial charge in [-0.15, -0.1) is 0 Å². The second-order valence-electron chi connectivity index (χ2n) is 4.64. The molecular formula is C15H12Cl2FNO2. The molecule has 2 aromatic rings. The van der Waals surface area contributed by atoms with Crippen LogP contribution in [0.15, 0.2) is 24.3 Å². The van der Waals surface area contributed by atoms with E-state index in [0.29, 0.717) is 16.7 Å². The molecule has 2 rings (SSSR count). The largest absolute Gasteiger partial charge is 0.481 e. The van der Waals surface area contributed by atoms with Gasteiger partial charge in [0.15, 0.2) is 0 Å². The molecule has 110 valence electrons. The van der Waals surface area contributed by atoms with Crippen molar-refractivity contribution in [2.75, 3.05) is 0 Å². The molecule has 0 aliphatic heterocycles. The zero-order chi connectivity index (χ0) is 15.6. The molecule has 21 heavy (non-hydrogen) atoms. The Labute approximate surface area is 131 Å². The van der Waals surface area contributed by atoms with E-state index in [-0.39, 0.29) is 23.1 Å². The maximum Gasteiger partial charge on any atom is 0.303 e. The first-order valence-corrected chi connectivity index (χ1v) is 6.97. The Morgan fingerprint density at radius 3 is 2.62 bits per heavy atom. The summed E-state index contributed by atoms with van der Waals surface area (Å²) in [5.74, 6) is -1.37. The van der Waals surface area contributed by atoms with Crippen molar-refractivity contribution in [3.05, 3.63) is 51.5 Å². The Bertz CT molecular complexity index is 704. The van der Waals surface area contributed by atoms with Crippen molar-refractivity contribution in [3.63, 3.8) is 0 Å². The quantitative estimate of drug-likeness (QED) is 0.840. The molecule has 0 saturated heterocycles. The lowest BCUT2D eigenvalue weighted by molar-refractivity contribution is -0.136. The van der Waals surface area contributed by atoms with E-state index in [4.69, 9.17) is 28.3 Å². The summed E-state index contributed by atoms with van der Waals surface area (Å²) in [6, 6.07) is 6.29. The van der Waals surface area contributed by atoms with Gasteiger partial charge in [0, 0.05) is 12.0 Å². The van der Waals surface area contributed by atoms with Crippen LogP contribution >= 0.6 is 23.2 Å². The van der Waals surface area contributed by atoms with Gasteiger partial charge in [0.1, 0.15) is 16.1 Å². The van der Waals surface area contributed by atoms with Crippen LogP contribution in [0.2, 0.25) is 10.3 Å². The van der Waals surface area contributed by atoms with E-state index >= 15 is 0 Å². The second-order valence-corrected chi connectivity index (χ2v) is 5.38. The van der Waals surface area contributed by atoms with Gasteiger partial charge in [0.2, 0.25) is 0 Å². The van der Waals surface area contributed by atoms with Crippen LogP contribution in [-0.4, -0.2) is 16.1 Å². The number of benzene rings is 1. The molecule has 0 bridgehead atoms. The third kappa shape index (κ3) is 3.71. The van der Waals surface area contributed by atoms with Crippen molar-refractivity contribution >= 4 is 29.2 Å². The Morgan fingerprint density at radius 1 is 1.29 bits per heavy atom. The molecule has 0 atom stereocenters. The summed E-state index contributed by atoms with van der Waals surface area (Å²) in [6.45, 7) is 1.78. The number of carbonyl (C=O) groups is 1. The number of aromatic nitrogens is 1. The monoisotopic (exact) mass is 327 g/mol. The van der Waals surface area contributed by atoms with E-state index in [9.17, 15) is 9.18 Å². The lowest BCUT2D eigenvalue weighted by atomic mass is 9.97. The highest BCUT2D eigenvalue weighted by Crippen LogP contribution is 2.33. The minimum atomic E-state index is -0.962. The fraction of sp³-hybridized carbons (Fsp3) is 0.200. The van der Waals surface area contributed by atoms with E-state index in [1.165, 1.54) is 12.1 Å². The van der Waals surface area contributed by atoms with Crippen molar-refractivity contribution in [1.82, 2.24) is 4.98 Å². The third-order valence-electron chi connectivity index (χ3n) is 3.05. The van der Waals surface area contributed by atoms with Gasteiger partial charge in [-0.1, -0.05) is 35.3 Å². The molecule has 1 heterocycles. The van der Waals surface area contributed by atoms with Crippen LogP contribution in [0, 0.1) is 12.7 Å². The topological polar surface area (TPSA) is 50.2 Å². The van der Waals surface area contributed by atoms with Gasteiger partial charge < -0.3 is 5.11 Å². The third-order valence-corrected chi connectivity index (χ3v) is 3.55. The summed E-state index contributed by atoms with van der Waals surface area (Å²) < 4.78 is 14.2. The normalized spacial score (nSPS) is 10.7. The molecule has 0 spiro atoms. The number of carboxylic acids is 1. The van der Waals surface area contributed by atoms with Crippen molar-refractivity contribution in [2.24, 2.45) is 0 Å². The molecule has 0 radical (unpaired) electrons. The van der Waals surface area contributed by atoms with E-state index in [2.05, 4.69) is 4.98 Å². The van der Waals surface area contributed by atoms with Gasteiger partial charge in [-0.2, -0.15) is 0 Å². The molecule has 0 unspecified atom stereocenters. The van der Waals surface area contributed by atoms with Gasteiger partial charge in [-0.05, 0) is 42.2 Å². The average molecular weight is 328 g/mol. The van der Waals surface area contributed by atoms with Crippen LogP contribution in [0.5, 0.6) is 0 Å². The van der Waals surface area contributed by atoms with Crippen LogP contribution < -0.4 is 0 Å². The number of aryl methyl sites for hydroxylation is 1. The second kappa shape index (κ2) is 6.41. The zero-order valence-electron chi connectivity index (χ0n) is 11.2. The molecule has 0 aliphatic rings. The molecule has 3 nitrogen and oxygen atoms in total. The molecule has 6 heteroatoms. The number of halogens is 3. The molecule has 0 fully saturated rings. The van der Waals surface area contributed by atoms with Crippen LogP contribution in [-0.2, 0) is 11.2 Å². The van der Waals surface area contributed by atoms with Gasteiger partial charge in [0.05, 0.1) is 0 Å². The van der Waals surface area contributed by atoms with Crippen LogP contribution in [0.1, 0.15) is 17.5 Å². The summed E-state index contributed by atoms with van der Waals surface area (Å²) in [5.41, 5.74) is 2.06. The smallest absolute Gasteiger partial charge is 0.303 e. The van der Waals surface area contributed by atoms with E-state index < -0.39 is 11.8 Å². The van der Waals surface area contributed by atoms with E-state index in [0.717, 1.165) is 5.56 Å². The molecule has 0 aliphatic carbocycles. The number of rotatable bonds is 4. The molecule has 1 N–H and O–H groups in total. The molecule has 1 aromatic heterocycles. The number of nitrogens with zero attached hydrogens (tertiary/aromatic N) is 1. The van der Waals surface area contributed by atoms with E-state index in [1.54, 1.807) is 19.1 Å². The van der Waals surface area contributed by atoms with Crippen molar-refractivity contribution in [1.29, 1.82) is 0 Å². The number of hydrogen-bond donors (Lipinski definition) is 1. The lowest BCUT2D eigenvalue weighted by Crippen LogP contribution is -2.02. The van der Waals surface area contributed by atoms with Gasteiger partial charge in [-0.3, -0.25) is 4.79 Å². The maximum absolute atomic E-state index is 14.2. The minimum Gasteiger partial charge on any atom is -0.481 e. The van der Waals surface area contributed by atoms with Crippen LogP contribution in [0.4, 0.5) is 4.39 Å². The standard InChI is InChI=1S/C15H12Cl2FNO2/c1-8-2-3-9(12(18)6-8)11-7-13(16)19-15(17)10(11)4-5-14(20)21/h2-3,6-7H,4-5H2,1H3,(H,20,21). The van der Waals surface area contributed by atoms with Gasteiger partial charge >= 0.3 is 5.97 Å². The number of pyridine rings is 1. The first kappa shape index (κ1) is 15.7. The minimum absolute atomic E-state index is 0.0960. The highest BCUT2D eigenvalue weighted by molar-refractivity contribution is 6.33.